The Hall–Kier alpha value is 0.110. The molecule has 1 aliphatic rings. The number of halogens is 1. The first-order valence-corrected chi connectivity index (χ1v) is 6.69. The van der Waals surface area contributed by atoms with Crippen LogP contribution < -0.4 is 5.32 Å². The largest absolute Gasteiger partial charge is 0.355 e. The van der Waals surface area contributed by atoms with E-state index in [9.17, 15) is 4.79 Å². The SMILES string of the molecule is CC1(C(=O)NCCCCCl)CCCS1. The van der Waals surface area contributed by atoms with E-state index in [4.69, 9.17) is 11.6 Å². The van der Waals surface area contributed by atoms with Crippen molar-refractivity contribution in [2.24, 2.45) is 0 Å². The minimum atomic E-state index is -0.166. The Kier molecular flexibility index (Phi) is 5.10. The van der Waals surface area contributed by atoms with Crippen LogP contribution in [0, 0.1) is 0 Å². The molecule has 82 valence electrons. The lowest BCUT2D eigenvalue weighted by Crippen LogP contribution is -2.40. The summed E-state index contributed by atoms with van der Waals surface area (Å²) >= 11 is 7.33. The molecule has 0 saturated carbocycles. The fourth-order valence-electron chi connectivity index (χ4n) is 1.57. The lowest BCUT2D eigenvalue weighted by Gasteiger charge is -2.21. The standard InChI is InChI=1S/C10H18ClNOS/c1-10(5-4-8-14-10)9(13)12-7-3-2-6-11/h2-8H2,1H3,(H,12,13). The van der Waals surface area contributed by atoms with Gasteiger partial charge >= 0.3 is 0 Å². The van der Waals surface area contributed by atoms with Crippen LogP contribution in [0.15, 0.2) is 0 Å². The third-order valence-electron chi connectivity index (χ3n) is 2.55. The molecule has 0 spiro atoms. The lowest BCUT2D eigenvalue weighted by atomic mass is 10.0. The van der Waals surface area contributed by atoms with Gasteiger partial charge in [-0.2, -0.15) is 0 Å². The van der Waals surface area contributed by atoms with Gasteiger partial charge in [-0.15, -0.1) is 23.4 Å². The summed E-state index contributed by atoms with van der Waals surface area (Å²) in [5.41, 5.74) is 0. The fourth-order valence-corrected chi connectivity index (χ4v) is 2.99. The van der Waals surface area contributed by atoms with Gasteiger partial charge in [0.15, 0.2) is 0 Å². The Morgan fingerprint density at radius 1 is 1.57 bits per heavy atom. The number of alkyl halides is 1. The summed E-state index contributed by atoms with van der Waals surface area (Å²) in [5.74, 6) is 2.00. The molecular weight excluding hydrogens is 218 g/mol. The molecule has 4 heteroatoms. The number of rotatable bonds is 5. The topological polar surface area (TPSA) is 29.1 Å². The van der Waals surface area contributed by atoms with Crippen molar-refractivity contribution in [1.29, 1.82) is 0 Å². The number of hydrogen-bond acceptors (Lipinski definition) is 2. The number of hydrogen-bond donors (Lipinski definition) is 1. The van der Waals surface area contributed by atoms with Gasteiger partial charge in [-0.1, -0.05) is 0 Å². The Labute approximate surface area is 95.2 Å². The van der Waals surface area contributed by atoms with Crippen LogP contribution in [-0.2, 0) is 4.79 Å². The lowest BCUT2D eigenvalue weighted by molar-refractivity contribution is -0.123. The number of thioether (sulfide) groups is 1. The molecule has 0 aromatic heterocycles. The van der Waals surface area contributed by atoms with Gasteiger partial charge in [0.25, 0.3) is 0 Å². The van der Waals surface area contributed by atoms with E-state index in [2.05, 4.69) is 5.32 Å². The van der Waals surface area contributed by atoms with E-state index < -0.39 is 0 Å². The summed E-state index contributed by atoms with van der Waals surface area (Å²) < 4.78 is -0.166. The molecule has 0 aliphatic carbocycles. The Balaban J connectivity index is 2.20. The van der Waals surface area contributed by atoms with E-state index in [1.807, 2.05) is 6.92 Å². The first-order chi connectivity index (χ1) is 6.69. The second-order valence-electron chi connectivity index (χ2n) is 3.83. The number of nitrogens with one attached hydrogen (secondary N) is 1. The maximum absolute atomic E-state index is 11.8. The predicted molar refractivity (Wildman–Crippen MR) is 63.1 cm³/mol. The molecule has 1 amide bonds. The maximum atomic E-state index is 11.8. The Morgan fingerprint density at radius 2 is 2.36 bits per heavy atom. The van der Waals surface area contributed by atoms with Crippen molar-refractivity contribution in [2.45, 2.75) is 37.4 Å². The van der Waals surface area contributed by atoms with Gasteiger partial charge in [-0.25, -0.2) is 0 Å². The molecule has 0 aromatic carbocycles. The zero-order valence-electron chi connectivity index (χ0n) is 8.64. The van der Waals surface area contributed by atoms with Crippen molar-refractivity contribution < 1.29 is 4.79 Å². The Morgan fingerprint density at radius 3 is 2.93 bits per heavy atom. The average Bonchev–Trinajstić information content (AvgIpc) is 2.61. The molecule has 1 atom stereocenters. The predicted octanol–water partition coefficient (Wildman–Crippen LogP) is 2.41. The molecule has 2 nitrogen and oxygen atoms in total. The normalized spacial score (nSPS) is 26.4. The van der Waals surface area contributed by atoms with E-state index >= 15 is 0 Å². The molecule has 1 N–H and O–H groups in total. The zero-order chi connectivity index (χ0) is 10.4. The van der Waals surface area contributed by atoms with Gasteiger partial charge in [0, 0.05) is 12.4 Å². The Bertz CT molecular complexity index is 193. The van der Waals surface area contributed by atoms with Gasteiger partial charge in [-0.05, 0) is 38.4 Å². The van der Waals surface area contributed by atoms with E-state index in [-0.39, 0.29) is 10.7 Å². The molecule has 1 saturated heterocycles. The number of carbonyl (C=O) groups is 1. The van der Waals surface area contributed by atoms with Crippen LogP contribution in [0.5, 0.6) is 0 Å². The summed E-state index contributed by atoms with van der Waals surface area (Å²) in [7, 11) is 0. The second-order valence-corrected chi connectivity index (χ2v) is 5.81. The van der Waals surface area contributed by atoms with Crippen molar-refractivity contribution in [2.75, 3.05) is 18.2 Å². The van der Waals surface area contributed by atoms with Crippen molar-refractivity contribution in [1.82, 2.24) is 5.32 Å². The van der Waals surface area contributed by atoms with Crippen LogP contribution in [0.2, 0.25) is 0 Å². The second kappa shape index (κ2) is 5.86. The van der Waals surface area contributed by atoms with Crippen LogP contribution in [0.3, 0.4) is 0 Å². The minimum absolute atomic E-state index is 0.166. The highest BCUT2D eigenvalue weighted by atomic mass is 35.5. The van der Waals surface area contributed by atoms with E-state index in [1.54, 1.807) is 11.8 Å². The molecule has 1 rings (SSSR count). The molecule has 1 aliphatic heterocycles. The third-order valence-corrected chi connectivity index (χ3v) is 4.33. The van der Waals surface area contributed by atoms with Crippen LogP contribution in [0.1, 0.15) is 32.6 Å². The van der Waals surface area contributed by atoms with Crippen LogP contribution >= 0.6 is 23.4 Å². The zero-order valence-corrected chi connectivity index (χ0v) is 10.2. The monoisotopic (exact) mass is 235 g/mol. The van der Waals surface area contributed by atoms with Crippen LogP contribution in [0.25, 0.3) is 0 Å². The molecule has 0 aromatic rings. The van der Waals surface area contributed by atoms with Crippen molar-refractivity contribution in [3.8, 4) is 0 Å². The van der Waals surface area contributed by atoms with Gasteiger partial charge in [0.1, 0.15) is 0 Å². The van der Waals surface area contributed by atoms with E-state index in [0.717, 1.165) is 38.0 Å². The van der Waals surface area contributed by atoms with Crippen molar-refractivity contribution in [3.63, 3.8) is 0 Å². The summed E-state index contributed by atoms with van der Waals surface area (Å²) in [6.07, 6.45) is 4.14. The molecule has 1 fully saturated rings. The van der Waals surface area contributed by atoms with Crippen molar-refractivity contribution >= 4 is 29.3 Å². The van der Waals surface area contributed by atoms with Gasteiger partial charge in [-0.3, -0.25) is 4.79 Å². The quantitative estimate of drug-likeness (QED) is 0.586. The number of carbonyl (C=O) groups excluding carboxylic acids is 1. The maximum Gasteiger partial charge on any atom is 0.235 e. The molecule has 0 bridgehead atoms. The van der Waals surface area contributed by atoms with Crippen LogP contribution in [0.4, 0.5) is 0 Å². The molecule has 1 unspecified atom stereocenters. The highest BCUT2D eigenvalue weighted by Crippen LogP contribution is 2.37. The molecule has 1 heterocycles. The van der Waals surface area contributed by atoms with Crippen molar-refractivity contribution in [3.05, 3.63) is 0 Å². The fraction of sp³-hybridized carbons (Fsp3) is 0.900. The van der Waals surface area contributed by atoms with Gasteiger partial charge in [0.2, 0.25) is 5.91 Å². The van der Waals surface area contributed by atoms with Gasteiger partial charge in [0.05, 0.1) is 4.75 Å². The molecule has 14 heavy (non-hydrogen) atoms. The molecular formula is C10H18ClNOS. The number of amides is 1. The van der Waals surface area contributed by atoms with Gasteiger partial charge < -0.3 is 5.32 Å². The number of unbranched alkanes of at least 4 members (excludes halogenated alkanes) is 1. The first kappa shape index (κ1) is 12.2. The minimum Gasteiger partial charge on any atom is -0.355 e. The summed E-state index contributed by atoms with van der Waals surface area (Å²) in [4.78, 5) is 11.8. The average molecular weight is 236 g/mol. The van der Waals surface area contributed by atoms with E-state index in [0.29, 0.717) is 5.88 Å². The summed E-state index contributed by atoms with van der Waals surface area (Å²) in [5, 5.41) is 2.98. The highest BCUT2D eigenvalue weighted by molar-refractivity contribution is 8.01. The highest BCUT2D eigenvalue weighted by Gasteiger charge is 2.36. The summed E-state index contributed by atoms with van der Waals surface area (Å²) in [6, 6.07) is 0. The smallest absolute Gasteiger partial charge is 0.235 e. The summed E-state index contributed by atoms with van der Waals surface area (Å²) in [6.45, 7) is 2.81. The third kappa shape index (κ3) is 3.35. The first-order valence-electron chi connectivity index (χ1n) is 5.17. The van der Waals surface area contributed by atoms with Crippen LogP contribution in [-0.4, -0.2) is 28.8 Å². The van der Waals surface area contributed by atoms with E-state index in [1.165, 1.54) is 0 Å². The molecule has 0 radical (unpaired) electrons.